The lowest BCUT2D eigenvalue weighted by Crippen LogP contribution is -2.37. The van der Waals surface area contributed by atoms with Gasteiger partial charge in [0.25, 0.3) is 5.91 Å². The zero-order valence-electron chi connectivity index (χ0n) is 14.3. The van der Waals surface area contributed by atoms with Gasteiger partial charge in [-0.3, -0.25) is 4.79 Å². The third-order valence-corrected chi connectivity index (χ3v) is 3.48. The van der Waals surface area contributed by atoms with Gasteiger partial charge in [-0.05, 0) is 25.5 Å². The number of carbonyl (C=O) groups excluding carboxylic acids is 1. The van der Waals surface area contributed by atoms with Gasteiger partial charge in [-0.1, -0.05) is 12.1 Å². The van der Waals surface area contributed by atoms with E-state index in [1.807, 2.05) is 37.3 Å². The van der Waals surface area contributed by atoms with E-state index in [4.69, 9.17) is 19.5 Å². The normalized spacial score (nSPS) is 16.0. The summed E-state index contributed by atoms with van der Waals surface area (Å²) in [5, 5.41) is 14.7. The van der Waals surface area contributed by atoms with Crippen molar-refractivity contribution in [3.05, 3.63) is 36.0 Å². The van der Waals surface area contributed by atoms with Gasteiger partial charge in [0.05, 0.1) is 6.54 Å². The van der Waals surface area contributed by atoms with Crippen LogP contribution in [0.25, 0.3) is 0 Å². The van der Waals surface area contributed by atoms with Crippen LogP contribution in [0.1, 0.15) is 13.3 Å². The molecular formula is C18H23N3O4. The Balaban J connectivity index is 1.74. The van der Waals surface area contributed by atoms with Crippen molar-refractivity contribution in [3.8, 4) is 17.6 Å². The first kappa shape index (κ1) is 18.6. The Morgan fingerprint density at radius 1 is 1.44 bits per heavy atom. The molecule has 2 rings (SSSR count). The Morgan fingerprint density at radius 3 is 3.00 bits per heavy atom. The van der Waals surface area contributed by atoms with Crippen LogP contribution in [-0.2, 0) is 9.53 Å². The quantitative estimate of drug-likeness (QED) is 0.399. The molecule has 1 aliphatic heterocycles. The molecule has 0 radical (unpaired) electrons. The van der Waals surface area contributed by atoms with E-state index in [9.17, 15) is 4.79 Å². The molecule has 7 heteroatoms. The maximum absolute atomic E-state index is 11.9. The lowest BCUT2D eigenvalue weighted by Gasteiger charge is -2.26. The number of ether oxygens (including phenoxy) is 3. The second kappa shape index (κ2) is 10.2. The van der Waals surface area contributed by atoms with Crippen molar-refractivity contribution in [3.63, 3.8) is 0 Å². The molecule has 0 fully saturated rings. The number of hydrogen-bond donors (Lipinski definition) is 2. The number of nitrogens with zero attached hydrogens (tertiary/aromatic N) is 1. The second-order valence-corrected chi connectivity index (χ2v) is 5.38. The summed E-state index contributed by atoms with van der Waals surface area (Å²) >= 11 is 0. The van der Waals surface area contributed by atoms with Gasteiger partial charge in [-0.25, -0.2) is 0 Å². The molecule has 1 aromatic carbocycles. The topological polar surface area (TPSA) is 92.6 Å². The molecule has 1 aromatic rings. The number of nitriles is 1. The number of carbonyl (C=O) groups is 1. The minimum atomic E-state index is -0.405. The van der Waals surface area contributed by atoms with Gasteiger partial charge in [0, 0.05) is 26.0 Å². The highest BCUT2D eigenvalue weighted by molar-refractivity contribution is 5.97. The fourth-order valence-electron chi connectivity index (χ4n) is 2.22. The summed E-state index contributed by atoms with van der Waals surface area (Å²) in [7, 11) is 0. The Labute approximate surface area is 147 Å². The van der Waals surface area contributed by atoms with Crippen LogP contribution in [0.15, 0.2) is 36.0 Å². The summed E-state index contributed by atoms with van der Waals surface area (Å²) in [6.45, 7) is 4.45. The highest BCUT2D eigenvalue weighted by Crippen LogP contribution is 2.30. The maximum atomic E-state index is 11.9. The molecule has 1 unspecified atom stereocenters. The summed E-state index contributed by atoms with van der Waals surface area (Å²) < 4.78 is 16.6. The molecular weight excluding hydrogens is 322 g/mol. The van der Waals surface area contributed by atoms with Gasteiger partial charge in [0.1, 0.15) is 24.4 Å². The molecule has 1 heterocycles. The van der Waals surface area contributed by atoms with E-state index in [1.165, 1.54) is 6.20 Å². The van der Waals surface area contributed by atoms with Gasteiger partial charge in [-0.15, -0.1) is 0 Å². The van der Waals surface area contributed by atoms with Crippen LogP contribution in [0.4, 0.5) is 0 Å². The largest absolute Gasteiger partial charge is 0.486 e. The third kappa shape index (κ3) is 6.01. The average Bonchev–Trinajstić information content (AvgIpc) is 2.64. The van der Waals surface area contributed by atoms with Gasteiger partial charge < -0.3 is 24.8 Å². The number of para-hydroxylation sites is 2. The lowest BCUT2D eigenvalue weighted by molar-refractivity contribution is -0.117. The first-order chi connectivity index (χ1) is 12.2. The standard InChI is InChI=1S/C18H23N3O4/c1-2-23-9-5-8-21-18(22)14(10-19)11-20-12-15-13-24-16-6-3-4-7-17(16)25-15/h3-4,6-7,11,15,20H,2,5,8-9,12-13H2,1H3,(H,21,22)/b14-11-. The molecule has 2 N–H and O–H groups in total. The van der Waals surface area contributed by atoms with Crippen molar-refractivity contribution in [2.24, 2.45) is 0 Å². The first-order valence-electron chi connectivity index (χ1n) is 8.32. The summed E-state index contributed by atoms with van der Waals surface area (Å²) in [5.41, 5.74) is 0.0218. The first-order valence-corrected chi connectivity index (χ1v) is 8.32. The van der Waals surface area contributed by atoms with Crippen LogP contribution in [0.2, 0.25) is 0 Å². The van der Waals surface area contributed by atoms with E-state index in [1.54, 1.807) is 0 Å². The zero-order chi connectivity index (χ0) is 17.9. The van der Waals surface area contributed by atoms with Crippen LogP contribution in [0.3, 0.4) is 0 Å². The minimum Gasteiger partial charge on any atom is -0.486 e. The van der Waals surface area contributed by atoms with Gasteiger partial charge in [0.15, 0.2) is 11.5 Å². The molecule has 25 heavy (non-hydrogen) atoms. The number of fused-ring (bicyclic) bond motifs is 1. The van der Waals surface area contributed by atoms with E-state index in [0.717, 1.165) is 5.75 Å². The van der Waals surface area contributed by atoms with Crippen molar-refractivity contribution >= 4 is 5.91 Å². The maximum Gasteiger partial charge on any atom is 0.263 e. The van der Waals surface area contributed by atoms with Gasteiger partial charge in [0.2, 0.25) is 0 Å². The molecule has 1 atom stereocenters. The van der Waals surface area contributed by atoms with Crippen LogP contribution in [0, 0.1) is 11.3 Å². The van der Waals surface area contributed by atoms with E-state index in [0.29, 0.717) is 45.1 Å². The fraction of sp³-hybridized carbons (Fsp3) is 0.444. The molecule has 7 nitrogen and oxygen atoms in total. The number of amides is 1. The van der Waals surface area contributed by atoms with Crippen molar-refractivity contribution in [2.75, 3.05) is 32.9 Å². The minimum absolute atomic E-state index is 0.0218. The van der Waals surface area contributed by atoms with Crippen LogP contribution < -0.4 is 20.1 Å². The molecule has 1 amide bonds. The van der Waals surface area contributed by atoms with Gasteiger partial charge in [-0.2, -0.15) is 5.26 Å². The summed E-state index contributed by atoms with van der Waals surface area (Å²) in [6, 6.07) is 9.34. The Kier molecular flexibility index (Phi) is 7.60. The molecule has 134 valence electrons. The highest BCUT2D eigenvalue weighted by Gasteiger charge is 2.20. The fourth-order valence-corrected chi connectivity index (χ4v) is 2.22. The van der Waals surface area contributed by atoms with E-state index in [2.05, 4.69) is 10.6 Å². The predicted molar refractivity (Wildman–Crippen MR) is 92.2 cm³/mol. The molecule has 0 aliphatic carbocycles. The molecule has 0 spiro atoms. The second-order valence-electron chi connectivity index (χ2n) is 5.38. The Bertz CT molecular complexity index is 639. The van der Waals surface area contributed by atoms with E-state index < -0.39 is 5.91 Å². The summed E-state index contributed by atoms with van der Waals surface area (Å²) in [4.78, 5) is 11.9. The molecule has 1 aliphatic rings. The highest BCUT2D eigenvalue weighted by atomic mass is 16.6. The van der Waals surface area contributed by atoms with Crippen molar-refractivity contribution in [1.29, 1.82) is 5.26 Å². The van der Waals surface area contributed by atoms with Crippen LogP contribution in [-0.4, -0.2) is 44.9 Å². The van der Waals surface area contributed by atoms with Crippen molar-refractivity contribution in [1.82, 2.24) is 10.6 Å². The molecule has 0 saturated carbocycles. The lowest BCUT2D eigenvalue weighted by atomic mass is 10.2. The molecule has 0 saturated heterocycles. The smallest absolute Gasteiger partial charge is 0.263 e. The Morgan fingerprint density at radius 2 is 2.24 bits per heavy atom. The number of benzene rings is 1. The number of hydrogen-bond acceptors (Lipinski definition) is 6. The SMILES string of the molecule is CCOCCCNC(=O)/C(C#N)=C\NCC1COc2ccccc2O1. The third-order valence-electron chi connectivity index (χ3n) is 3.48. The van der Waals surface area contributed by atoms with Gasteiger partial charge >= 0.3 is 0 Å². The van der Waals surface area contributed by atoms with Crippen molar-refractivity contribution in [2.45, 2.75) is 19.4 Å². The van der Waals surface area contributed by atoms with E-state index in [-0.39, 0.29) is 11.7 Å². The zero-order valence-corrected chi connectivity index (χ0v) is 14.3. The Hall–Kier alpha value is -2.72. The number of rotatable bonds is 9. The number of nitrogens with one attached hydrogen (secondary N) is 2. The van der Waals surface area contributed by atoms with Crippen LogP contribution >= 0.6 is 0 Å². The molecule has 0 bridgehead atoms. The van der Waals surface area contributed by atoms with Crippen molar-refractivity contribution < 1.29 is 19.0 Å². The average molecular weight is 345 g/mol. The summed E-state index contributed by atoms with van der Waals surface area (Å²) in [5.74, 6) is 1.01. The molecule has 0 aromatic heterocycles. The predicted octanol–water partition coefficient (Wildman–Crippen LogP) is 1.37. The van der Waals surface area contributed by atoms with Crippen LogP contribution in [0.5, 0.6) is 11.5 Å². The monoisotopic (exact) mass is 345 g/mol. The van der Waals surface area contributed by atoms with E-state index >= 15 is 0 Å². The summed E-state index contributed by atoms with van der Waals surface area (Å²) in [6.07, 6.45) is 1.92.